The van der Waals surface area contributed by atoms with E-state index in [0.29, 0.717) is 32.1 Å². The van der Waals surface area contributed by atoms with Crippen LogP contribution in [0.2, 0.25) is 0 Å². The van der Waals surface area contributed by atoms with Crippen molar-refractivity contribution in [1.29, 1.82) is 0 Å². The highest BCUT2D eigenvalue weighted by Gasteiger charge is 2.23. The minimum absolute atomic E-state index is 0.119. The first-order valence-corrected chi connectivity index (χ1v) is 10.6. The highest BCUT2D eigenvalue weighted by atomic mass is 16.5. The Morgan fingerprint density at radius 3 is 2.72 bits per heavy atom. The maximum Gasteiger partial charge on any atom is 0.315 e. The quantitative estimate of drug-likeness (QED) is 0.530. The third kappa shape index (κ3) is 5.59. The van der Waals surface area contributed by atoms with Crippen LogP contribution in [0.5, 0.6) is 0 Å². The number of ether oxygens (including phenoxy) is 1. The number of imidazole rings is 1. The summed E-state index contributed by atoms with van der Waals surface area (Å²) in [5.74, 6) is 2.41. The second-order valence-electron chi connectivity index (χ2n) is 8.23. The zero-order chi connectivity index (χ0) is 21.0. The number of amides is 2. The van der Waals surface area contributed by atoms with Crippen molar-refractivity contribution < 1.29 is 9.53 Å². The van der Waals surface area contributed by atoms with Crippen molar-refractivity contribution in [3.63, 3.8) is 0 Å². The molecule has 0 spiro atoms. The van der Waals surface area contributed by atoms with E-state index in [1.807, 2.05) is 20.8 Å². The Morgan fingerprint density at radius 1 is 1.28 bits per heavy atom. The van der Waals surface area contributed by atoms with E-state index in [9.17, 15) is 4.79 Å². The van der Waals surface area contributed by atoms with E-state index >= 15 is 0 Å². The molecule has 0 aromatic carbocycles. The van der Waals surface area contributed by atoms with Gasteiger partial charge in [-0.25, -0.2) is 14.8 Å². The van der Waals surface area contributed by atoms with Crippen molar-refractivity contribution in [2.45, 2.75) is 66.0 Å². The summed E-state index contributed by atoms with van der Waals surface area (Å²) in [7, 11) is 0. The van der Waals surface area contributed by atoms with E-state index in [2.05, 4.69) is 27.1 Å². The lowest BCUT2D eigenvalue weighted by Crippen LogP contribution is -2.40. The molecule has 0 unspecified atom stereocenters. The Kier molecular flexibility index (Phi) is 6.95. The van der Waals surface area contributed by atoms with E-state index in [4.69, 9.17) is 15.5 Å². The SMILES string of the molecule is Cc1nc(N)c2nc(CCC3CC3)n(CCOCCNC(=O)NC(C)C)c2c1C. The fourth-order valence-electron chi connectivity index (χ4n) is 3.53. The lowest BCUT2D eigenvalue weighted by molar-refractivity contribution is 0.128. The van der Waals surface area contributed by atoms with Crippen molar-refractivity contribution in [1.82, 2.24) is 25.2 Å². The Balaban J connectivity index is 1.62. The van der Waals surface area contributed by atoms with Gasteiger partial charge in [-0.05, 0) is 45.6 Å². The standard InChI is InChI=1S/C21H34N6O2/c1-13(2)24-21(28)23-9-11-29-12-10-27-17(8-7-16-5-6-16)26-18-19(27)14(3)15(4)25-20(18)22/h13,16H,5-12H2,1-4H3,(H2,22,25)(H2,23,24,28). The molecule has 1 aliphatic rings. The summed E-state index contributed by atoms with van der Waals surface area (Å²) in [6, 6.07) is -0.0474. The first-order chi connectivity index (χ1) is 13.9. The summed E-state index contributed by atoms with van der Waals surface area (Å²) in [6.07, 6.45) is 4.80. The monoisotopic (exact) mass is 402 g/mol. The van der Waals surface area contributed by atoms with Crippen molar-refractivity contribution in [3.8, 4) is 0 Å². The van der Waals surface area contributed by atoms with Gasteiger partial charge in [-0.3, -0.25) is 0 Å². The van der Waals surface area contributed by atoms with Crippen molar-refractivity contribution in [2.75, 3.05) is 25.5 Å². The van der Waals surface area contributed by atoms with Gasteiger partial charge in [-0.15, -0.1) is 0 Å². The number of nitrogens with one attached hydrogen (secondary N) is 2. The zero-order valence-electron chi connectivity index (χ0n) is 18.0. The van der Waals surface area contributed by atoms with Crippen LogP contribution < -0.4 is 16.4 Å². The summed E-state index contributed by atoms with van der Waals surface area (Å²) >= 11 is 0. The first-order valence-electron chi connectivity index (χ1n) is 10.6. The van der Waals surface area contributed by atoms with Gasteiger partial charge in [0.2, 0.25) is 0 Å². The number of pyridine rings is 1. The van der Waals surface area contributed by atoms with Crippen LogP contribution in [0.1, 0.15) is 50.2 Å². The van der Waals surface area contributed by atoms with Crippen LogP contribution in [0.4, 0.5) is 10.6 Å². The van der Waals surface area contributed by atoms with Gasteiger partial charge >= 0.3 is 6.03 Å². The van der Waals surface area contributed by atoms with Gasteiger partial charge in [0.15, 0.2) is 5.82 Å². The number of carbonyl (C=O) groups excluding carboxylic acids is 1. The summed E-state index contributed by atoms with van der Waals surface area (Å²) in [4.78, 5) is 20.9. The first kappa shape index (κ1) is 21.4. The Labute approximate surface area is 172 Å². The highest BCUT2D eigenvalue weighted by molar-refractivity contribution is 5.88. The molecule has 8 nitrogen and oxygen atoms in total. The number of rotatable bonds is 10. The molecule has 0 aliphatic heterocycles. The topological polar surface area (TPSA) is 107 Å². The maximum atomic E-state index is 11.6. The van der Waals surface area contributed by atoms with Gasteiger partial charge in [-0.1, -0.05) is 12.8 Å². The van der Waals surface area contributed by atoms with Crippen LogP contribution in [0.15, 0.2) is 0 Å². The second-order valence-corrected chi connectivity index (χ2v) is 8.23. The third-order valence-corrected chi connectivity index (χ3v) is 5.36. The number of urea groups is 1. The molecule has 2 aromatic heterocycles. The molecular formula is C21H34N6O2. The van der Waals surface area contributed by atoms with Gasteiger partial charge in [0.05, 0.1) is 18.7 Å². The van der Waals surface area contributed by atoms with Crippen LogP contribution in [-0.2, 0) is 17.7 Å². The number of fused-ring (bicyclic) bond motifs is 1. The minimum Gasteiger partial charge on any atom is -0.382 e. The van der Waals surface area contributed by atoms with Crippen LogP contribution in [0, 0.1) is 19.8 Å². The fourth-order valence-corrected chi connectivity index (χ4v) is 3.53. The van der Waals surface area contributed by atoms with Crippen molar-refractivity contribution in [2.24, 2.45) is 5.92 Å². The number of nitrogens with zero attached hydrogens (tertiary/aromatic N) is 3. The molecular weight excluding hydrogens is 368 g/mol. The van der Waals surface area contributed by atoms with Gasteiger partial charge in [0.1, 0.15) is 11.3 Å². The minimum atomic E-state index is -0.166. The average Bonchev–Trinajstić information content (AvgIpc) is 3.40. The Morgan fingerprint density at radius 2 is 2.03 bits per heavy atom. The van der Waals surface area contributed by atoms with Gasteiger partial charge in [-0.2, -0.15) is 0 Å². The molecule has 4 N–H and O–H groups in total. The molecule has 0 atom stereocenters. The predicted molar refractivity (Wildman–Crippen MR) is 115 cm³/mol. The van der Waals surface area contributed by atoms with Crippen LogP contribution in [0.25, 0.3) is 11.0 Å². The fraction of sp³-hybridized carbons (Fsp3) is 0.667. The number of hydrogen-bond acceptors (Lipinski definition) is 5. The van der Waals surface area contributed by atoms with Gasteiger partial charge < -0.3 is 25.7 Å². The number of carbonyl (C=O) groups is 1. The lowest BCUT2D eigenvalue weighted by Gasteiger charge is -2.13. The molecule has 2 aromatic rings. The highest BCUT2D eigenvalue weighted by Crippen LogP contribution is 2.34. The molecule has 8 heteroatoms. The summed E-state index contributed by atoms with van der Waals surface area (Å²) in [5.41, 5.74) is 10.1. The number of aryl methyl sites for hydroxylation is 3. The zero-order valence-corrected chi connectivity index (χ0v) is 18.0. The molecule has 2 heterocycles. The summed E-state index contributed by atoms with van der Waals surface area (Å²) < 4.78 is 8.01. The number of hydrogen-bond donors (Lipinski definition) is 3. The van der Waals surface area contributed by atoms with Crippen LogP contribution in [-0.4, -0.2) is 46.4 Å². The van der Waals surface area contributed by atoms with E-state index in [1.54, 1.807) is 0 Å². The molecule has 1 aliphatic carbocycles. The number of anilines is 1. The molecule has 160 valence electrons. The van der Waals surface area contributed by atoms with Gasteiger partial charge in [0, 0.05) is 31.2 Å². The molecule has 0 saturated heterocycles. The van der Waals surface area contributed by atoms with Crippen molar-refractivity contribution in [3.05, 3.63) is 17.1 Å². The average molecular weight is 403 g/mol. The molecule has 2 amide bonds. The Bertz CT molecular complexity index is 857. The van der Waals surface area contributed by atoms with E-state index in [-0.39, 0.29) is 12.1 Å². The number of nitrogens with two attached hydrogens (primary N) is 1. The van der Waals surface area contributed by atoms with Crippen molar-refractivity contribution >= 4 is 22.9 Å². The normalized spacial score (nSPS) is 14.0. The summed E-state index contributed by atoms with van der Waals surface area (Å²) in [6.45, 7) is 10.1. The number of nitrogen functional groups attached to an aromatic ring is 1. The molecule has 1 fully saturated rings. The van der Waals surface area contributed by atoms with Crippen LogP contribution >= 0.6 is 0 Å². The third-order valence-electron chi connectivity index (χ3n) is 5.36. The van der Waals surface area contributed by atoms with E-state index in [1.165, 1.54) is 19.3 Å². The second kappa shape index (κ2) is 9.43. The summed E-state index contributed by atoms with van der Waals surface area (Å²) in [5, 5.41) is 5.59. The van der Waals surface area contributed by atoms with E-state index in [0.717, 1.165) is 40.5 Å². The van der Waals surface area contributed by atoms with Crippen LogP contribution in [0.3, 0.4) is 0 Å². The molecule has 3 rings (SSSR count). The smallest absolute Gasteiger partial charge is 0.315 e. The Hall–Kier alpha value is -2.35. The molecule has 0 radical (unpaired) electrons. The maximum absolute atomic E-state index is 11.6. The van der Waals surface area contributed by atoms with Gasteiger partial charge in [0.25, 0.3) is 0 Å². The van der Waals surface area contributed by atoms with E-state index < -0.39 is 0 Å². The molecule has 29 heavy (non-hydrogen) atoms. The number of aromatic nitrogens is 3. The lowest BCUT2D eigenvalue weighted by atomic mass is 10.2. The molecule has 1 saturated carbocycles. The predicted octanol–water partition coefficient (Wildman–Crippen LogP) is 2.70. The largest absolute Gasteiger partial charge is 0.382 e. The molecule has 0 bridgehead atoms.